The fourth-order valence-electron chi connectivity index (χ4n) is 3.10. The molecule has 26 heavy (non-hydrogen) atoms. The number of aromatic nitrogens is 1. The maximum Gasteiger partial charge on any atom is 0.410 e. The summed E-state index contributed by atoms with van der Waals surface area (Å²) in [6, 6.07) is 4.64. The Kier molecular flexibility index (Phi) is 5.23. The summed E-state index contributed by atoms with van der Waals surface area (Å²) in [6.45, 7) is 5.97. The number of nitrogens with zero attached hydrogens (tertiary/aromatic N) is 2. The minimum absolute atomic E-state index is 0.0380. The van der Waals surface area contributed by atoms with Crippen LogP contribution in [0.2, 0.25) is 5.02 Å². The molecular weight excluding hydrogens is 356 g/mol. The van der Waals surface area contributed by atoms with Crippen LogP contribution in [0, 0.1) is 0 Å². The van der Waals surface area contributed by atoms with Gasteiger partial charge in [-0.2, -0.15) is 0 Å². The van der Waals surface area contributed by atoms with Gasteiger partial charge in [-0.3, -0.25) is 9.69 Å². The minimum Gasteiger partial charge on any atom is -0.444 e. The first kappa shape index (κ1) is 18.7. The van der Waals surface area contributed by atoms with Crippen molar-refractivity contribution in [2.45, 2.75) is 58.1 Å². The average Bonchev–Trinajstić information content (AvgIpc) is 2.94. The van der Waals surface area contributed by atoms with Crippen molar-refractivity contribution in [3.05, 3.63) is 29.1 Å². The lowest BCUT2D eigenvalue weighted by Crippen LogP contribution is -2.50. The summed E-state index contributed by atoms with van der Waals surface area (Å²) in [5, 5.41) is 0.562. The van der Waals surface area contributed by atoms with Crippen molar-refractivity contribution < 1.29 is 18.7 Å². The smallest absolute Gasteiger partial charge is 0.410 e. The first-order chi connectivity index (χ1) is 12.2. The molecule has 1 saturated heterocycles. The maximum atomic E-state index is 12.8. The molecule has 0 aliphatic carbocycles. The molecule has 1 atom stereocenters. The van der Waals surface area contributed by atoms with Crippen LogP contribution in [0.4, 0.5) is 4.79 Å². The second-order valence-corrected chi connectivity index (χ2v) is 7.98. The standard InChI is InChI=1S/C19H23ClN2O4/c1-19(2,3)26-18(24)22-9-5-4-6-14(22)15(23)11-17-21-13-10-12(20)7-8-16(13)25-17/h7-8,10,14H,4-6,9,11H2,1-3H3/t14-/m0/s1. The van der Waals surface area contributed by atoms with E-state index < -0.39 is 17.7 Å². The second kappa shape index (κ2) is 7.27. The molecule has 1 aromatic heterocycles. The van der Waals surface area contributed by atoms with E-state index in [1.807, 2.05) is 20.8 Å². The number of ether oxygens (including phenoxy) is 1. The van der Waals surface area contributed by atoms with Gasteiger partial charge >= 0.3 is 6.09 Å². The number of piperidine rings is 1. The van der Waals surface area contributed by atoms with Crippen LogP contribution >= 0.6 is 11.6 Å². The molecule has 2 aromatic rings. The Balaban J connectivity index is 1.74. The van der Waals surface area contributed by atoms with Gasteiger partial charge in [0.25, 0.3) is 0 Å². The quantitative estimate of drug-likeness (QED) is 0.792. The third kappa shape index (κ3) is 4.36. The number of halogens is 1. The topological polar surface area (TPSA) is 72.6 Å². The molecule has 140 valence electrons. The van der Waals surface area contributed by atoms with Crippen molar-refractivity contribution in [2.75, 3.05) is 6.54 Å². The van der Waals surface area contributed by atoms with Crippen LogP contribution in [0.15, 0.2) is 22.6 Å². The number of carbonyl (C=O) groups is 2. The van der Waals surface area contributed by atoms with E-state index in [2.05, 4.69) is 4.98 Å². The fraction of sp³-hybridized carbons (Fsp3) is 0.526. The number of rotatable bonds is 3. The molecule has 0 N–H and O–H groups in total. The number of amides is 1. The molecule has 1 aliphatic rings. The highest BCUT2D eigenvalue weighted by atomic mass is 35.5. The Hall–Kier alpha value is -2.08. The molecule has 1 fully saturated rings. The zero-order valence-electron chi connectivity index (χ0n) is 15.3. The Morgan fingerprint density at radius 2 is 2.12 bits per heavy atom. The molecule has 1 amide bonds. The Labute approximate surface area is 157 Å². The van der Waals surface area contributed by atoms with Crippen LogP contribution < -0.4 is 0 Å². The number of likely N-dealkylation sites (tertiary alicyclic amines) is 1. The van der Waals surface area contributed by atoms with Crippen LogP contribution in [0.5, 0.6) is 0 Å². The lowest BCUT2D eigenvalue weighted by molar-refractivity contribution is -0.125. The number of carbonyl (C=O) groups excluding carboxylic acids is 2. The number of oxazole rings is 1. The first-order valence-electron chi connectivity index (χ1n) is 8.80. The van der Waals surface area contributed by atoms with Crippen molar-refractivity contribution in [2.24, 2.45) is 0 Å². The summed E-state index contributed by atoms with van der Waals surface area (Å²) in [5.41, 5.74) is 0.611. The van der Waals surface area contributed by atoms with E-state index in [-0.39, 0.29) is 12.2 Å². The number of benzene rings is 1. The summed E-state index contributed by atoms with van der Waals surface area (Å²) >= 11 is 5.96. The molecule has 6 nitrogen and oxygen atoms in total. The van der Waals surface area contributed by atoms with E-state index in [1.54, 1.807) is 18.2 Å². The van der Waals surface area contributed by atoms with Crippen molar-refractivity contribution in [1.29, 1.82) is 0 Å². The van der Waals surface area contributed by atoms with Crippen molar-refractivity contribution in [3.63, 3.8) is 0 Å². The number of ketones is 1. The predicted octanol–water partition coefficient (Wildman–Crippen LogP) is 4.38. The Morgan fingerprint density at radius 1 is 1.35 bits per heavy atom. The van der Waals surface area contributed by atoms with E-state index >= 15 is 0 Å². The molecule has 0 unspecified atom stereocenters. The van der Waals surface area contributed by atoms with Gasteiger partial charge in [0.05, 0.1) is 12.5 Å². The van der Waals surface area contributed by atoms with Gasteiger partial charge in [0.15, 0.2) is 11.4 Å². The molecule has 1 aliphatic heterocycles. The van der Waals surface area contributed by atoms with E-state index in [0.29, 0.717) is 35.0 Å². The molecule has 0 saturated carbocycles. The number of fused-ring (bicyclic) bond motifs is 1. The first-order valence-corrected chi connectivity index (χ1v) is 9.18. The third-order valence-corrected chi connectivity index (χ3v) is 4.46. The normalized spacial score (nSPS) is 18.2. The summed E-state index contributed by atoms with van der Waals surface area (Å²) in [5.74, 6) is 0.246. The number of hydrogen-bond donors (Lipinski definition) is 0. The molecule has 0 bridgehead atoms. The van der Waals surface area contributed by atoms with Gasteiger partial charge in [-0.25, -0.2) is 9.78 Å². The molecule has 0 radical (unpaired) electrons. The number of hydrogen-bond acceptors (Lipinski definition) is 5. The van der Waals surface area contributed by atoms with E-state index in [0.717, 1.165) is 12.8 Å². The third-order valence-electron chi connectivity index (χ3n) is 4.22. The lowest BCUT2D eigenvalue weighted by Gasteiger charge is -2.35. The van der Waals surface area contributed by atoms with Crippen LogP contribution in [-0.4, -0.2) is 39.9 Å². The SMILES string of the molecule is CC(C)(C)OC(=O)N1CCCC[C@H]1C(=O)Cc1nc2cc(Cl)ccc2o1. The zero-order valence-corrected chi connectivity index (χ0v) is 16.0. The number of Topliss-reactive ketones (excluding diaryl/α,β-unsaturated/α-hetero) is 1. The Bertz CT molecular complexity index is 825. The molecule has 1 aromatic carbocycles. The summed E-state index contributed by atoms with van der Waals surface area (Å²) in [6.07, 6.45) is 1.99. The van der Waals surface area contributed by atoms with Gasteiger partial charge in [0.1, 0.15) is 11.1 Å². The second-order valence-electron chi connectivity index (χ2n) is 7.55. The van der Waals surface area contributed by atoms with Gasteiger partial charge in [-0.05, 0) is 58.2 Å². The minimum atomic E-state index is -0.596. The molecule has 3 rings (SSSR count). The van der Waals surface area contributed by atoms with Crippen molar-refractivity contribution in [3.8, 4) is 0 Å². The van der Waals surface area contributed by atoms with Crippen LogP contribution in [-0.2, 0) is 16.0 Å². The van der Waals surface area contributed by atoms with Gasteiger partial charge in [0, 0.05) is 11.6 Å². The highest BCUT2D eigenvalue weighted by Gasteiger charge is 2.35. The summed E-state index contributed by atoms with van der Waals surface area (Å²) < 4.78 is 11.1. The van der Waals surface area contributed by atoms with E-state index in [4.69, 9.17) is 20.8 Å². The Morgan fingerprint density at radius 3 is 2.85 bits per heavy atom. The monoisotopic (exact) mass is 378 g/mol. The largest absolute Gasteiger partial charge is 0.444 e. The highest BCUT2D eigenvalue weighted by Crippen LogP contribution is 2.24. The van der Waals surface area contributed by atoms with Crippen LogP contribution in [0.3, 0.4) is 0 Å². The van der Waals surface area contributed by atoms with E-state index in [9.17, 15) is 9.59 Å². The van der Waals surface area contributed by atoms with Crippen LogP contribution in [0.25, 0.3) is 11.1 Å². The lowest BCUT2D eigenvalue weighted by atomic mass is 9.97. The summed E-state index contributed by atoms with van der Waals surface area (Å²) in [4.78, 5) is 31.1. The van der Waals surface area contributed by atoms with Gasteiger partial charge in [0.2, 0.25) is 5.89 Å². The molecule has 2 heterocycles. The van der Waals surface area contributed by atoms with Gasteiger partial charge < -0.3 is 9.15 Å². The molecular formula is C19H23ClN2O4. The highest BCUT2D eigenvalue weighted by molar-refractivity contribution is 6.31. The maximum absolute atomic E-state index is 12.8. The van der Waals surface area contributed by atoms with Gasteiger partial charge in [-0.15, -0.1) is 0 Å². The predicted molar refractivity (Wildman–Crippen MR) is 98.3 cm³/mol. The van der Waals surface area contributed by atoms with Crippen LogP contribution in [0.1, 0.15) is 45.9 Å². The van der Waals surface area contributed by atoms with E-state index in [1.165, 1.54) is 4.90 Å². The molecule has 7 heteroatoms. The fourth-order valence-corrected chi connectivity index (χ4v) is 3.26. The van der Waals surface area contributed by atoms with Crippen molar-refractivity contribution in [1.82, 2.24) is 9.88 Å². The molecule has 0 spiro atoms. The van der Waals surface area contributed by atoms with Gasteiger partial charge in [-0.1, -0.05) is 11.6 Å². The zero-order chi connectivity index (χ0) is 18.9. The van der Waals surface area contributed by atoms with Crippen molar-refractivity contribution >= 4 is 34.6 Å². The average molecular weight is 379 g/mol. The summed E-state index contributed by atoms with van der Waals surface area (Å²) in [7, 11) is 0.